The van der Waals surface area contributed by atoms with Gasteiger partial charge in [0.05, 0.1) is 12.2 Å². The third kappa shape index (κ3) is 4.60. The minimum Gasteiger partial charge on any atom is -0.494 e. The van der Waals surface area contributed by atoms with Crippen molar-refractivity contribution < 1.29 is 27.4 Å². The summed E-state index contributed by atoms with van der Waals surface area (Å²) >= 11 is 0. The third-order valence-corrected chi connectivity index (χ3v) is 4.05. The maximum absolute atomic E-state index is 13.1. The molecule has 0 spiro atoms. The maximum atomic E-state index is 13.1. The van der Waals surface area contributed by atoms with Gasteiger partial charge in [0, 0.05) is 5.56 Å². The number of carbonyl (C=O) groups excluding carboxylic acids is 1. The van der Waals surface area contributed by atoms with Crippen LogP contribution in [0.2, 0.25) is 0 Å². The number of carbonyl (C=O) groups is 1. The second-order valence-corrected chi connectivity index (χ2v) is 6.15. The predicted molar refractivity (Wildman–Crippen MR) is 98.9 cm³/mol. The van der Waals surface area contributed by atoms with Crippen molar-refractivity contribution in [2.24, 2.45) is 4.99 Å². The molecule has 0 fully saturated rings. The van der Waals surface area contributed by atoms with Gasteiger partial charge in [0.2, 0.25) is 5.90 Å². The number of nitrogens with zero attached hydrogens (tertiary/aromatic N) is 1. The van der Waals surface area contributed by atoms with Gasteiger partial charge in [-0.05, 0) is 48.4 Å². The molecule has 2 aromatic rings. The molecule has 0 atom stereocenters. The first-order chi connectivity index (χ1) is 13.4. The van der Waals surface area contributed by atoms with E-state index in [9.17, 15) is 18.0 Å². The van der Waals surface area contributed by atoms with Crippen LogP contribution in [0.25, 0.3) is 6.08 Å². The van der Waals surface area contributed by atoms with Gasteiger partial charge in [-0.15, -0.1) is 0 Å². The lowest BCUT2D eigenvalue weighted by atomic mass is 10.1. The SMILES string of the molecule is CCCCOc1ccc(C2=N/C(=C\c3ccccc3C(F)(F)F)C(=O)O2)cc1. The van der Waals surface area contributed by atoms with E-state index in [0.29, 0.717) is 17.9 Å². The van der Waals surface area contributed by atoms with Crippen molar-refractivity contribution >= 4 is 17.9 Å². The molecule has 0 radical (unpaired) electrons. The highest BCUT2D eigenvalue weighted by Crippen LogP contribution is 2.33. The highest BCUT2D eigenvalue weighted by Gasteiger charge is 2.33. The number of unbranched alkanes of at least 4 members (excludes halogenated alkanes) is 1. The minimum atomic E-state index is -4.53. The van der Waals surface area contributed by atoms with Crippen molar-refractivity contribution in [1.82, 2.24) is 0 Å². The number of ether oxygens (including phenoxy) is 2. The summed E-state index contributed by atoms with van der Waals surface area (Å²) in [5.41, 5.74) is -0.641. The molecule has 0 amide bonds. The van der Waals surface area contributed by atoms with Gasteiger partial charge < -0.3 is 9.47 Å². The van der Waals surface area contributed by atoms with E-state index in [1.807, 2.05) is 0 Å². The summed E-state index contributed by atoms with van der Waals surface area (Å²) in [5, 5.41) is 0. The Kier molecular flexibility index (Phi) is 5.82. The Morgan fingerprint density at radius 3 is 2.50 bits per heavy atom. The first-order valence-electron chi connectivity index (χ1n) is 8.80. The van der Waals surface area contributed by atoms with Crippen LogP contribution in [-0.4, -0.2) is 18.5 Å². The largest absolute Gasteiger partial charge is 0.494 e. The van der Waals surface area contributed by atoms with Crippen molar-refractivity contribution in [3.63, 3.8) is 0 Å². The van der Waals surface area contributed by atoms with Gasteiger partial charge in [0.1, 0.15) is 5.75 Å². The summed E-state index contributed by atoms with van der Waals surface area (Å²) in [7, 11) is 0. The minimum absolute atomic E-state index is 0.0425. The van der Waals surface area contributed by atoms with Crippen LogP contribution in [0.15, 0.2) is 59.2 Å². The summed E-state index contributed by atoms with van der Waals surface area (Å²) in [6, 6.07) is 11.8. The monoisotopic (exact) mass is 389 g/mol. The van der Waals surface area contributed by atoms with Crippen LogP contribution in [0.3, 0.4) is 0 Å². The zero-order chi connectivity index (χ0) is 20.1. The van der Waals surface area contributed by atoms with E-state index in [2.05, 4.69) is 11.9 Å². The number of alkyl halides is 3. The molecule has 0 bridgehead atoms. The maximum Gasteiger partial charge on any atom is 0.416 e. The van der Waals surface area contributed by atoms with Crippen molar-refractivity contribution in [2.75, 3.05) is 6.61 Å². The lowest BCUT2D eigenvalue weighted by Crippen LogP contribution is -2.08. The molecule has 1 aliphatic heterocycles. The average molecular weight is 389 g/mol. The van der Waals surface area contributed by atoms with Crippen LogP contribution in [0.5, 0.6) is 5.75 Å². The fourth-order valence-corrected chi connectivity index (χ4v) is 2.59. The number of aliphatic imine (C=N–C) groups is 1. The Labute approximate surface area is 160 Å². The van der Waals surface area contributed by atoms with Crippen LogP contribution < -0.4 is 4.74 Å². The summed E-state index contributed by atoms with van der Waals surface area (Å²) in [6.07, 6.45) is -1.48. The van der Waals surface area contributed by atoms with E-state index in [4.69, 9.17) is 9.47 Å². The van der Waals surface area contributed by atoms with Crippen LogP contribution in [-0.2, 0) is 15.7 Å². The van der Waals surface area contributed by atoms with E-state index in [1.54, 1.807) is 24.3 Å². The molecule has 2 aromatic carbocycles. The summed E-state index contributed by atoms with van der Waals surface area (Å²) in [5.74, 6) is -0.0758. The summed E-state index contributed by atoms with van der Waals surface area (Å²) in [4.78, 5) is 16.1. The molecular formula is C21H18F3NO3. The number of benzene rings is 2. The smallest absolute Gasteiger partial charge is 0.416 e. The molecule has 146 valence electrons. The Hall–Kier alpha value is -3.09. The Balaban J connectivity index is 1.83. The van der Waals surface area contributed by atoms with E-state index >= 15 is 0 Å². The standard InChI is InChI=1S/C21H18F3NO3/c1-2-3-12-27-16-10-8-14(9-11-16)19-25-18(20(26)28-19)13-15-6-4-5-7-17(15)21(22,23)24/h4-11,13H,2-3,12H2,1H3/b18-13-. The molecule has 0 N–H and O–H groups in total. The quantitative estimate of drug-likeness (QED) is 0.386. The molecule has 0 aromatic heterocycles. The van der Waals surface area contributed by atoms with Crippen molar-refractivity contribution in [2.45, 2.75) is 25.9 Å². The van der Waals surface area contributed by atoms with E-state index in [0.717, 1.165) is 25.0 Å². The first-order valence-corrected chi connectivity index (χ1v) is 8.80. The van der Waals surface area contributed by atoms with Crippen LogP contribution in [0, 0.1) is 0 Å². The molecule has 0 saturated carbocycles. The van der Waals surface area contributed by atoms with Crippen molar-refractivity contribution in [1.29, 1.82) is 0 Å². The summed E-state index contributed by atoms with van der Waals surface area (Å²) in [6.45, 7) is 2.68. The van der Waals surface area contributed by atoms with Crippen LogP contribution in [0.1, 0.15) is 36.5 Å². The Bertz CT molecular complexity index is 915. The molecule has 0 unspecified atom stereocenters. The third-order valence-electron chi connectivity index (χ3n) is 4.05. The van der Waals surface area contributed by atoms with E-state index in [1.165, 1.54) is 18.2 Å². The van der Waals surface area contributed by atoms with E-state index in [-0.39, 0.29) is 17.2 Å². The second kappa shape index (κ2) is 8.29. The molecule has 7 heteroatoms. The van der Waals surface area contributed by atoms with Crippen LogP contribution in [0.4, 0.5) is 13.2 Å². The molecule has 3 rings (SSSR count). The molecule has 1 heterocycles. The van der Waals surface area contributed by atoms with Crippen LogP contribution >= 0.6 is 0 Å². The topological polar surface area (TPSA) is 47.9 Å². The average Bonchev–Trinajstić information content (AvgIpc) is 3.03. The lowest BCUT2D eigenvalue weighted by molar-refractivity contribution is -0.137. The van der Waals surface area contributed by atoms with Gasteiger partial charge >= 0.3 is 12.1 Å². The fourth-order valence-electron chi connectivity index (χ4n) is 2.59. The lowest BCUT2D eigenvalue weighted by Gasteiger charge is -2.09. The molecule has 1 aliphatic rings. The number of esters is 1. The fraction of sp³-hybridized carbons (Fsp3) is 0.238. The Morgan fingerprint density at radius 1 is 1.11 bits per heavy atom. The molecule has 4 nitrogen and oxygen atoms in total. The highest BCUT2D eigenvalue weighted by molar-refractivity contribution is 6.12. The van der Waals surface area contributed by atoms with Gasteiger partial charge in [-0.25, -0.2) is 9.79 Å². The number of hydrogen-bond donors (Lipinski definition) is 0. The zero-order valence-electron chi connectivity index (χ0n) is 15.1. The summed E-state index contributed by atoms with van der Waals surface area (Å²) < 4.78 is 50.0. The first kappa shape index (κ1) is 19.7. The van der Waals surface area contributed by atoms with Gasteiger partial charge in [-0.3, -0.25) is 0 Å². The van der Waals surface area contributed by atoms with Gasteiger partial charge in [-0.2, -0.15) is 13.2 Å². The Morgan fingerprint density at radius 2 is 1.82 bits per heavy atom. The van der Waals surface area contributed by atoms with Gasteiger partial charge in [0.25, 0.3) is 0 Å². The van der Waals surface area contributed by atoms with Crippen molar-refractivity contribution in [3.05, 3.63) is 70.9 Å². The van der Waals surface area contributed by atoms with Gasteiger partial charge in [0.15, 0.2) is 5.70 Å². The number of rotatable bonds is 6. The predicted octanol–water partition coefficient (Wildman–Crippen LogP) is 5.23. The van der Waals surface area contributed by atoms with Gasteiger partial charge in [-0.1, -0.05) is 31.5 Å². The number of cyclic esters (lactones) is 1. The molecular weight excluding hydrogens is 371 g/mol. The molecule has 0 saturated heterocycles. The zero-order valence-corrected chi connectivity index (χ0v) is 15.1. The second-order valence-electron chi connectivity index (χ2n) is 6.15. The normalized spacial score (nSPS) is 15.5. The number of halogens is 3. The van der Waals surface area contributed by atoms with E-state index < -0.39 is 17.7 Å². The molecule has 0 aliphatic carbocycles. The number of hydrogen-bond acceptors (Lipinski definition) is 4. The van der Waals surface area contributed by atoms with Crippen molar-refractivity contribution in [3.8, 4) is 5.75 Å². The molecule has 28 heavy (non-hydrogen) atoms. The highest BCUT2D eigenvalue weighted by atomic mass is 19.4.